The van der Waals surface area contributed by atoms with Gasteiger partial charge in [0.1, 0.15) is 6.04 Å². The lowest BCUT2D eigenvalue weighted by atomic mass is 10.1. The van der Waals surface area contributed by atoms with Crippen LogP contribution in [0.5, 0.6) is 0 Å². The third kappa shape index (κ3) is 3.86. The molecule has 0 heterocycles. The molecule has 19 heavy (non-hydrogen) atoms. The molecule has 0 aromatic heterocycles. The van der Waals surface area contributed by atoms with Crippen molar-refractivity contribution in [1.82, 2.24) is 4.90 Å². The van der Waals surface area contributed by atoms with Crippen molar-refractivity contribution in [2.45, 2.75) is 19.4 Å². The zero-order valence-electron chi connectivity index (χ0n) is 11.1. The number of amides is 1. The largest absolute Gasteiger partial charge is 0.480 e. The third-order valence-corrected chi connectivity index (χ3v) is 2.98. The monoisotopic (exact) mass is 284 g/mol. The summed E-state index contributed by atoms with van der Waals surface area (Å²) in [5.74, 6) is -1.16. The summed E-state index contributed by atoms with van der Waals surface area (Å²) >= 11 is 5.98. The number of anilines is 1. The summed E-state index contributed by atoms with van der Waals surface area (Å²) in [6.07, 6.45) is 0.439. The van der Waals surface area contributed by atoms with Crippen molar-refractivity contribution in [3.8, 4) is 0 Å². The van der Waals surface area contributed by atoms with Crippen LogP contribution in [0.3, 0.4) is 0 Å². The molecule has 1 aromatic rings. The number of halogens is 1. The van der Waals surface area contributed by atoms with Gasteiger partial charge in [-0.1, -0.05) is 18.5 Å². The minimum Gasteiger partial charge on any atom is -0.480 e. The number of nitrogens with zero attached hydrogens (tertiary/aromatic N) is 1. The Morgan fingerprint density at radius 3 is 2.53 bits per heavy atom. The Labute approximate surface area is 117 Å². The molecule has 6 heteroatoms. The molecule has 1 rings (SSSR count). The first kappa shape index (κ1) is 15.3. The number of hydrogen-bond donors (Lipinski definition) is 2. The Morgan fingerprint density at radius 2 is 2.05 bits per heavy atom. The molecule has 0 saturated carbocycles. The molecular weight excluding hydrogens is 268 g/mol. The summed E-state index contributed by atoms with van der Waals surface area (Å²) in [5, 5.41) is 12.2. The van der Waals surface area contributed by atoms with Crippen molar-refractivity contribution in [2.75, 3.05) is 19.4 Å². The van der Waals surface area contributed by atoms with Crippen molar-refractivity contribution < 1.29 is 14.7 Å². The fraction of sp³-hybridized carbons (Fsp3) is 0.385. The zero-order valence-corrected chi connectivity index (χ0v) is 11.9. The standard InChI is InChI=1S/C13H17ClN2O3/c1-4-11(13(18)19)15-8-5-6-10(14)9(7-8)12(17)16(2)3/h5-7,11,15H,4H2,1-3H3,(H,18,19). The zero-order chi connectivity index (χ0) is 14.6. The van der Waals surface area contributed by atoms with Gasteiger partial charge in [-0.25, -0.2) is 4.79 Å². The smallest absolute Gasteiger partial charge is 0.326 e. The Bertz CT molecular complexity index is 489. The van der Waals surface area contributed by atoms with Crippen LogP contribution in [0.25, 0.3) is 0 Å². The van der Waals surface area contributed by atoms with Gasteiger partial charge in [-0.15, -0.1) is 0 Å². The van der Waals surface area contributed by atoms with Crippen molar-refractivity contribution in [2.24, 2.45) is 0 Å². The maximum atomic E-state index is 11.9. The van der Waals surface area contributed by atoms with Crippen LogP contribution in [-0.2, 0) is 4.79 Å². The van der Waals surface area contributed by atoms with E-state index in [1.165, 1.54) is 4.90 Å². The molecule has 0 fully saturated rings. The lowest BCUT2D eigenvalue weighted by molar-refractivity contribution is -0.137. The Kier molecular flexibility index (Phi) is 5.18. The lowest BCUT2D eigenvalue weighted by Crippen LogP contribution is -2.28. The molecule has 1 aromatic carbocycles. The number of nitrogens with one attached hydrogen (secondary N) is 1. The molecule has 1 atom stereocenters. The molecule has 0 saturated heterocycles. The van der Waals surface area contributed by atoms with Crippen LogP contribution in [0.1, 0.15) is 23.7 Å². The molecule has 104 valence electrons. The Hall–Kier alpha value is -1.75. The molecule has 1 amide bonds. The summed E-state index contributed by atoms with van der Waals surface area (Å²) in [6.45, 7) is 1.77. The highest BCUT2D eigenvalue weighted by Crippen LogP contribution is 2.22. The number of hydrogen-bond acceptors (Lipinski definition) is 3. The van der Waals surface area contributed by atoms with Crippen LogP contribution in [0, 0.1) is 0 Å². The van der Waals surface area contributed by atoms with Gasteiger partial charge in [0.25, 0.3) is 5.91 Å². The van der Waals surface area contributed by atoms with Crippen LogP contribution in [-0.4, -0.2) is 42.0 Å². The van der Waals surface area contributed by atoms with E-state index in [2.05, 4.69) is 5.32 Å². The lowest BCUT2D eigenvalue weighted by Gasteiger charge is -2.16. The van der Waals surface area contributed by atoms with Gasteiger partial charge in [0.15, 0.2) is 0 Å². The SMILES string of the molecule is CCC(Nc1ccc(Cl)c(C(=O)N(C)C)c1)C(=O)O. The van der Waals surface area contributed by atoms with E-state index in [4.69, 9.17) is 16.7 Å². The van der Waals surface area contributed by atoms with Crippen LogP contribution >= 0.6 is 11.6 Å². The average Bonchev–Trinajstić information content (AvgIpc) is 2.36. The van der Waals surface area contributed by atoms with Gasteiger partial charge in [-0.2, -0.15) is 0 Å². The molecule has 0 aliphatic rings. The van der Waals surface area contributed by atoms with E-state index >= 15 is 0 Å². The molecule has 2 N–H and O–H groups in total. The molecule has 5 nitrogen and oxygen atoms in total. The molecule has 0 spiro atoms. The second-order valence-electron chi connectivity index (χ2n) is 4.34. The van der Waals surface area contributed by atoms with E-state index in [0.717, 1.165) is 0 Å². The second kappa shape index (κ2) is 6.43. The van der Waals surface area contributed by atoms with E-state index < -0.39 is 12.0 Å². The van der Waals surface area contributed by atoms with Crippen molar-refractivity contribution in [1.29, 1.82) is 0 Å². The topological polar surface area (TPSA) is 69.6 Å². The van der Waals surface area contributed by atoms with E-state index in [-0.39, 0.29) is 5.91 Å². The normalized spacial score (nSPS) is 11.8. The first-order valence-corrected chi connectivity index (χ1v) is 6.25. The first-order valence-electron chi connectivity index (χ1n) is 5.87. The van der Waals surface area contributed by atoms with Crippen molar-refractivity contribution in [3.05, 3.63) is 28.8 Å². The number of carbonyl (C=O) groups excluding carboxylic acids is 1. The summed E-state index contributed by atoms with van der Waals surface area (Å²) < 4.78 is 0. The second-order valence-corrected chi connectivity index (χ2v) is 4.74. The quantitative estimate of drug-likeness (QED) is 0.870. The van der Waals surface area contributed by atoms with Gasteiger partial charge >= 0.3 is 5.97 Å². The minimum atomic E-state index is -0.932. The maximum absolute atomic E-state index is 11.9. The summed E-state index contributed by atoms with van der Waals surface area (Å²) in [4.78, 5) is 24.3. The van der Waals surface area contributed by atoms with Gasteiger partial charge in [0.2, 0.25) is 0 Å². The molecule has 0 aliphatic heterocycles. The molecular formula is C13H17ClN2O3. The van der Waals surface area contributed by atoms with Crippen LogP contribution in [0.2, 0.25) is 5.02 Å². The molecule has 1 unspecified atom stereocenters. The predicted octanol–water partition coefficient (Wildman–Crippen LogP) is 2.32. The van der Waals surface area contributed by atoms with Gasteiger partial charge in [0.05, 0.1) is 10.6 Å². The predicted molar refractivity (Wildman–Crippen MR) is 74.8 cm³/mol. The summed E-state index contributed by atoms with van der Waals surface area (Å²) in [5.41, 5.74) is 0.903. The molecule has 0 radical (unpaired) electrons. The number of rotatable bonds is 5. The van der Waals surface area contributed by atoms with E-state index in [1.807, 2.05) is 0 Å². The highest BCUT2D eigenvalue weighted by atomic mass is 35.5. The average molecular weight is 285 g/mol. The van der Waals surface area contributed by atoms with Gasteiger partial charge < -0.3 is 15.3 Å². The van der Waals surface area contributed by atoms with E-state index in [9.17, 15) is 9.59 Å². The minimum absolute atomic E-state index is 0.225. The molecule has 0 aliphatic carbocycles. The van der Waals surface area contributed by atoms with Crippen molar-refractivity contribution >= 4 is 29.2 Å². The van der Waals surface area contributed by atoms with Gasteiger partial charge in [-0.05, 0) is 24.6 Å². The number of carbonyl (C=O) groups is 2. The van der Waals surface area contributed by atoms with Gasteiger partial charge in [0, 0.05) is 19.8 Å². The summed E-state index contributed by atoms with van der Waals surface area (Å²) in [6, 6.07) is 4.11. The number of aliphatic carboxylic acids is 1. The van der Waals surface area contributed by atoms with E-state index in [1.54, 1.807) is 39.2 Å². The van der Waals surface area contributed by atoms with Gasteiger partial charge in [-0.3, -0.25) is 4.79 Å². The van der Waals surface area contributed by atoms with Crippen LogP contribution in [0.4, 0.5) is 5.69 Å². The highest BCUT2D eigenvalue weighted by Gasteiger charge is 2.17. The first-order chi connectivity index (χ1) is 8.86. The summed E-state index contributed by atoms with van der Waals surface area (Å²) in [7, 11) is 3.26. The Balaban J connectivity index is 3.02. The van der Waals surface area contributed by atoms with E-state index in [0.29, 0.717) is 22.7 Å². The number of carboxylic acids is 1. The van der Waals surface area contributed by atoms with Crippen molar-refractivity contribution in [3.63, 3.8) is 0 Å². The fourth-order valence-electron chi connectivity index (χ4n) is 1.56. The number of carboxylic acid groups (broad SMARTS) is 1. The van der Waals surface area contributed by atoms with Crippen LogP contribution in [0.15, 0.2) is 18.2 Å². The van der Waals surface area contributed by atoms with Crippen LogP contribution < -0.4 is 5.32 Å². The maximum Gasteiger partial charge on any atom is 0.326 e. The fourth-order valence-corrected chi connectivity index (χ4v) is 1.76. The third-order valence-electron chi connectivity index (χ3n) is 2.65. The highest BCUT2D eigenvalue weighted by molar-refractivity contribution is 6.34. The Morgan fingerprint density at radius 1 is 1.42 bits per heavy atom. The molecule has 0 bridgehead atoms. The number of benzene rings is 1.